The molecule has 0 amide bonds. The number of aromatic amines is 1. The van der Waals surface area contributed by atoms with E-state index in [-0.39, 0.29) is 34.1 Å². The van der Waals surface area contributed by atoms with Gasteiger partial charge in [0.2, 0.25) is 5.95 Å². The molecule has 7 heterocycles. The average molecular weight is 668 g/mol. The van der Waals surface area contributed by atoms with Crippen LogP contribution in [0.3, 0.4) is 0 Å². The maximum absolute atomic E-state index is 16.0. The van der Waals surface area contributed by atoms with Crippen LogP contribution in [0.5, 0.6) is 0 Å². The highest BCUT2D eigenvalue weighted by Gasteiger charge is 2.53. The molecule has 10 atom stereocenters. The monoisotopic (exact) mass is 668 g/mol. The zero-order valence-electron chi connectivity index (χ0n) is 23.0. The Kier molecular flexibility index (Phi) is 7.84. The fourth-order valence-corrected chi connectivity index (χ4v) is 7.25. The van der Waals surface area contributed by atoms with E-state index in [2.05, 4.69) is 29.9 Å². The number of hydrogen-bond acceptors (Lipinski definition) is 16. The Bertz CT molecular complexity index is 1850. The number of nitrogens with two attached hydrogens (primary N) is 2. The van der Waals surface area contributed by atoms with Crippen molar-refractivity contribution < 1.29 is 46.2 Å². The number of phosphoric ester groups is 1. The van der Waals surface area contributed by atoms with E-state index in [1.165, 1.54) is 35.2 Å². The first-order chi connectivity index (χ1) is 21.5. The summed E-state index contributed by atoms with van der Waals surface area (Å²) in [5.41, 5.74) is 11.4. The van der Waals surface area contributed by atoms with Gasteiger partial charge in [-0.05, 0) is 0 Å². The molecule has 6 N–H and O–H groups in total. The van der Waals surface area contributed by atoms with Gasteiger partial charge in [0.1, 0.15) is 50.6 Å². The van der Waals surface area contributed by atoms with Gasteiger partial charge in [0.05, 0.1) is 25.9 Å². The van der Waals surface area contributed by atoms with Crippen molar-refractivity contribution in [1.82, 2.24) is 39.0 Å². The molecule has 0 aliphatic carbocycles. The first-order valence-corrected chi connectivity index (χ1v) is 15.9. The lowest BCUT2D eigenvalue weighted by Crippen LogP contribution is -2.37. The zero-order chi connectivity index (χ0) is 31.6. The quantitative estimate of drug-likeness (QED) is 0.160. The van der Waals surface area contributed by atoms with E-state index in [9.17, 15) is 14.3 Å². The van der Waals surface area contributed by atoms with Crippen LogP contribution in [0.1, 0.15) is 12.5 Å². The highest BCUT2D eigenvalue weighted by molar-refractivity contribution is 7.74. The van der Waals surface area contributed by atoms with Crippen molar-refractivity contribution >= 4 is 57.7 Å². The van der Waals surface area contributed by atoms with E-state index in [1.54, 1.807) is 0 Å². The maximum atomic E-state index is 16.0. The van der Waals surface area contributed by atoms with Gasteiger partial charge in [-0.25, -0.2) is 28.9 Å². The van der Waals surface area contributed by atoms with Crippen LogP contribution in [0.4, 0.5) is 16.2 Å². The van der Waals surface area contributed by atoms with E-state index in [4.69, 9.17) is 51.3 Å². The third-order valence-electron chi connectivity index (χ3n) is 7.46. The number of aromatic nitrogens is 8. The Morgan fingerprint density at radius 3 is 2.60 bits per heavy atom. The molecule has 0 saturated carbocycles. The van der Waals surface area contributed by atoms with Crippen molar-refractivity contribution in [3.8, 4) is 0 Å². The highest BCUT2D eigenvalue weighted by Crippen LogP contribution is 2.52. The minimum absolute atomic E-state index is 0.0336. The van der Waals surface area contributed by atoms with Gasteiger partial charge in [0.15, 0.2) is 48.8 Å². The number of nitrogens with one attached hydrogen (secondary N) is 1. The molecular formula is C21H24BFN10O10P2. The largest absolute Gasteiger partial charge is 0.472 e. The van der Waals surface area contributed by atoms with Crippen LogP contribution in [0.2, 0.25) is 0 Å². The second-order valence-corrected chi connectivity index (χ2v) is 12.6. The van der Waals surface area contributed by atoms with E-state index in [0.717, 1.165) is 0 Å². The number of hydrogen-bond donors (Lipinski definition) is 4. The number of H-pyrrole nitrogens is 1. The smallest absolute Gasteiger partial charge is 0.382 e. The van der Waals surface area contributed by atoms with E-state index in [0.29, 0.717) is 0 Å². The molecule has 7 rings (SSSR count). The number of methoxy groups -OCH3 is 1. The van der Waals surface area contributed by atoms with Gasteiger partial charge in [-0.1, -0.05) is 0 Å². The molecule has 9 unspecified atom stereocenters. The van der Waals surface area contributed by atoms with Crippen LogP contribution in [0.25, 0.3) is 22.3 Å². The fraction of sp³-hybridized carbons (Fsp3) is 0.524. The summed E-state index contributed by atoms with van der Waals surface area (Å²) in [4.78, 5) is 45.7. The molecule has 3 fully saturated rings. The van der Waals surface area contributed by atoms with Crippen LogP contribution in [0, 0.1) is 0 Å². The molecule has 3 saturated heterocycles. The van der Waals surface area contributed by atoms with E-state index >= 15 is 4.39 Å². The lowest BCUT2D eigenvalue weighted by atomic mass is 10.1. The summed E-state index contributed by atoms with van der Waals surface area (Å²) in [5.74, 6) is -0.110. The molecule has 20 nitrogen and oxygen atoms in total. The summed E-state index contributed by atoms with van der Waals surface area (Å²) >= 11 is 0. The standard InChI is InChI=1S/C21H24BFN10O10P2/c1-37-13-8-3-39-45(35,36)43-12-7(40-19(9(12)23)32-5-28-10-15(24)26-4-27-16(10)32)2-38-44(22)42-14(13)20(41-8)33-6-29-11-17(33)30-21(25)31-18(11)34/h4-9,12-14,19-20H,2-3H2,1H3,(H,35,36)(H2,24,26,27)(H3,25,30,31,34)/t7?,8?,9?,12?,13?,14?,19?,20?,44-/m0/s1. The number of alkyl halides is 1. The predicted octanol–water partition coefficient (Wildman–Crippen LogP) is -0.415. The number of imidazole rings is 2. The van der Waals surface area contributed by atoms with Crippen molar-refractivity contribution in [3.63, 3.8) is 0 Å². The number of rotatable bonds is 3. The molecule has 3 aliphatic heterocycles. The molecular weight excluding hydrogens is 644 g/mol. The van der Waals surface area contributed by atoms with Gasteiger partial charge in [-0.3, -0.25) is 28.0 Å². The summed E-state index contributed by atoms with van der Waals surface area (Å²) in [6.07, 6.45) is -6.86. The first kappa shape index (κ1) is 30.5. The van der Waals surface area contributed by atoms with Crippen LogP contribution in [0.15, 0.2) is 23.8 Å². The number of nitrogens with zero attached hydrogens (tertiary/aromatic N) is 7. The predicted molar refractivity (Wildman–Crippen MR) is 150 cm³/mol. The first-order valence-electron chi connectivity index (χ1n) is 13.2. The second kappa shape index (κ2) is 11.6. The van der Waals surface area contributed by atoms with Crippen molar-refractivity contribution in [2.24, 2.45) is 0 Å². The van der Waals surface area contributed by atoms with Gasteiger partial charge >= 0.3 is 7.82 Å². The Balaban J connectivity index is 1.19. The molecule has 45 heavy (non-hydrogen) atoms. The molecule has 4 aromatic rings. The van der Waals surface area contributed by atoms with Crippen molar-refractivity contribution in [3.05, 3.63) is 29.3 Å². The van der Waals surface area contributed by atoms with Crippen LogP contribution in [-0.2, 0) is 36.9 Å². The Morgan fingerprint density at radius 1 is 1.09 bits per heavy atom. The topological polar surface area (TPSA) is 261 Å². The van der Waals surface area contributed by atoms with Crippen molar-refractivity contribution in [2.45, 2.75) is 49.1 Å². The van der Waals surface area contributed by atoms with E-state index in [1.807, 2.05) is 0 Å². The summed E-state index contributed by atoms with van der Waals surface area (Å²) < 4.78 is 71.7. The zero-order valence-corrected chi connectivity index (χ0v) is 24.8. The van der Waals surface area contributed by atoms with Gasteiger partial charge in [-0.15, -0.1) is 0 Å². The normalized spacial score (nSPS) is 36.0. The Morgan fingerprint density at radius 2 is 1.82 bits per heavy atom. The molecule has 2 radical (unpaired) electrons. The summed E-state index contributed by atoms with van der Waals surface area (Å²) in [5, 5.41) is 0. The fourth-order valence-electron chi connectivity index (χ4n) is 5.48. The molecule has 24 heteroatoms. The lowest BCUT2D eigenvalue weighted by Gasteiger charge is -2.27. The average Bonchev–Trinajstić information content (AvgIpc) is 3.75. The molecule has 2 bridgehead atoms. The highest BCUT2D eigenvalue weighted by atomic mass is 31.2. The van der Waals surface area contributed by atoms with Crippen LogP contribution in [-0.4, -0.2) is 109 Å². The number of phosphoric acid groups is 1. The SMILES string of the molecule is [B][P@@]1OCC2OC(n3cnc4c(N)ncnc43)C(F)C2OP(=O)(O)OCC2OC(n3cnc4c(=O)[nH]c(N)nc43)C(O1)C2OC. The third-order valence-corrected chi connectivity index (χ3v) is 9.30. The molecule has 0 aromatic carbocycles. The van der Waals surface area contributed by atoms with Crippen molar-refractivity contribution in [1.29, 1.82) is 0 Å². The van der Waals surface area contributed by atoms with Crippen LogP contribution < -0.4 is 17.0 Å². The number of halogens is 1. The van der Waals surface area contributed by atoms with Gasteiger partial charge in [0, 0.05) is 7.11 Å². The molecule has 4 aromatic heterocycles. The summed E-state index contributed by atoms with van der Waals surface area (Å²) in [7, 11) is 0.369. The number of nitrogen functional groups attached to an aromatic ring is 2. The molecule has 0 spiro atoms. The molecule has 238 valence electrons. The van der Waals surface area contributed by atoms with E-state index < -0.39 is 84.0 Å². The Hall–Kier alpha value is -3.17. The number of ether oxygens (including phenoxy) is 3. The minimum atomic E-state index is -4.98. The van der Waals surface area contributed by atoms with Gasteiger partial charge in [0.25, 0.3) is 5.56 Å². The van der Waals surface area contributed by atoms with Crippen molar-refractivity contribution in [2.75, 3.05) is 31.8 Å². The number of fused-ring (bicyclic) bond motifs is 5. The summed E-state index contributed by atoms with van der Waals surface area (Å²) in [6, 6.07) is 0. The van der Waals surface area contributed by atoms with Crippen LogP contribution >= 0.6 is 16.1 Å². The number of anilines is 2. The summed E-state index contributed by atoms with van der Waals surface area (Å²) in [6.45, 7) is -1.01. The third kappa shape index (κ3) is 5.40. The lowest BCUT2D eigenvalue weighted by molar-refractivity contribution is -0.0617. The minimum Gasteiger partial charge on any atom is -0.382 e. The van der Waals surface area contributed by atoms with Gasteiger partial charge < -0.3 is 39.6 Å². The Labute approximate surface area is 253 Å². The van der Waals surface area contributed by atoms with Gasteiger partial charge in [-0.2, -0.15) is 4.98 Å². The second-order valence-electron chi connectivity index (χ2n) is 10.1. The molecule has 3 aliphatic rings. The maximum Gasteiger partial charge on any atom is 0.472 e.